The zero-order chi connectivity index (χ0) is 28.2. The first-order valence-electron chi connectivity index (χ1n) is 12.2. The van der Waals surface area contributed by atoms with Gasteiger partial charge in [0, 0.05) is 34.4 Å². The van der Waals surface area contributed by atoms with Gasteiger partial charge in [-0.3, -0.25) is 14.6 Å². The van der Waals surface area contributed by atoms with Gasteiger partial charge in [0.2, 0.25) is 5.91 Å². The van der Waals surface area contributed by atoms with E-state index in [-0.39, 0.29) is 23.5 Å². The minimum absolute atomic E-state index is 0.00568. The topological polar surface area (TPSA) is 144 Å². The van der Waals surface area contributed by atoms with Crippen molar-refractivity contribution in [3.05, 3.63) is 83.0 Å². The van der Waals surface area contributed by atoms with E-state index in [9.17, 15) is 18.0 Å². The van der Waals surface area contributed by atoms with Crippen molar-refractivity contribution < 1.29 is 18.0 Å². The molecular weight excluding hydrogens is 534 g/mol. The van der Waals surface area contributed by atoms with Crippen molar-refractivity contribution in [3.8, 4) is 22.4 Å². The number of amides is 2. The van der Waals surface area contributed by atoms with Crippen LogP contribution in [0.2, 0.25) is 0 Å². The number of hydrogen-bond donors (Lipinski definition) is 3. The number of rotatable bonds is 9. The number of aryl methyl sites for hydroxylation is 2. The van der Waals surface area contributed by atoms with Gasteiger partial charge in [0.1, 0.15) is 0 Å². The van der Waals surface area contributed by atoms with Gasteiger partial charge in [-0.2, -0.15) is 0 Å². The van der Waals surface area contributed by atoms with Crippen molar-refractivity contribution in [2.45, 2.75) is 30.9 Å². The summed E-state index contributed by atoms with van der Waals surface area (Å²) in [5, 5.41) is 6.68. The summed E-state index contributed by atoms with van der Waals surface area (Å²) in [5.74, 6) is -1.03. The minimum Gasteiger partial charge on any atom is -0.343 e. The Bertz CT molecular complexity index is 1610. The number of aromatic nitrogens is 2. The molecule has 1 atom stereocenters. The van der Waals surface area contributed by atoms with Crippen molar-refractivity contribution in [1.29, 1.82) is 0 Å². The molecule has 1 unspecified atom stereocenters. The van der Waals surface area contributed by atoms with E-state index in [0.29, 0.717) is 10.8 Å². The predicted octanol–water partition coefficient (Wildman–Crippen LogP) is 3.98. The van der Waals surface area contributed by atoms with Gasteiger partial charge in [0.15, 0.2) is 15.0 Å². The number of carbonyl (C=O) groups is 2. The zero-order valence-electron chi connectivity index (χ0n) is 21.8. The lowest BCUT2D eigenvalue weighted by Crippen LogP contribution is -2.33. The number of nitrogens with two attached hydrogens (primary N) is 1. The van der Waals surface area contributed by atoms with Gasteiger partial charge in [-0.05, 0) is 68.3 Å². The number of benzene rings is 2. The zero-order valence-corrected chi connectivity index (χ0v) is 23.4. The van der Waals surface area contributed by atoms with Crippen LogP contribution in [0.15, 0.2) is 70.9 Å². The molecule has 0 spiro atoms. The smallest absolute Gasteiger partial charge is 0.251 e. The van der Waals surface area contributed by atoms with Crippen LogP contribution in [0.25, 0.3) is 22.4 Å². The molecule has 39 heavy (non-hydrogen) atoms. The number of thiazole rings is 1. The SMILES string of the molecule is Cc1cc(-c2cccc(-c3csc(NC(=O)CNC(=O)c4cccc(S(=O)(=O)C(C)CN)c4)n3)c2)cc(C)n1. The maximum atomic E-state index is 12.6. The summed E-state index contributed by atoms with van der Waals surface area (Å²) < 4.78 is 25.1. The number of carbonyl (C=O) groups excluding carboxylic acids is 2. The van der Waals surface area contributed by atoms with Gasteiger partial charge < -0.3 is 16.4 Å². The third-order valence-corrected chi connectivity index (χ3v) is 8.94. The van der Waals surface area contributed by atoms with Crippen LogP contribution in [-0.2, 0) is 14.6 Å². The Morgan fingerprint density at radius 3 is 2.36 bits per heavy atom. The van der Waals surface area contributed by atoms with Crippen LogP contribution >= 0.6 is 11.3 Å². The highest BCUT2D eigenvalue weighted by atomic mass is 32.2. The van der Waals surface area contributed by atoms with E-state index in [1.165, 1.54) is 42.5 Å². The molecule has 2 heterocycles. The first-order valence-corrected chi connectivity index (χ1v) is 14.6. The highest BCUT2D eigenvalue weighted by molar-refractivity contribution is 7.92. The summed E-state index contributed by atoms with van der Waals surface area (Å²) >= 11 is 1.28. The van der Waals surface area contributed by atoms with Crippen molar-refractivity contribution in [1.82, 2.24) is 15.3 Å². The van der Waals surface area contributed by atoms with E-state index in [2.05, 4.69) is 20.6 Å². The number of pyridine rings is 1. The predicted molar refractivity (Wildman–Crippen MR) is 153 cm³/mol. The number of nitrogens with one attached hydrogen (secondary N) is 2. The molecule has 2 aromatic heterocycles. The van der Waals surface area contributed by atoms with Gasteiger partial charge in [-0.15, -0.1) is 11.3 Å². The number of hydrogen-bond acceptors (Lipinski definition) is 8. The lowest BCUT2D eigenvalue weighted by atomic mass is 10.0. The maximum absolute atomic E-state index is 12.6. The van der Waals surface area contributed by atoms with Crippen LogP contribution in [0, 0.1) is 13.8 Å². The molecule has 0 aliphatic carbocycles. The number of anilines is 1. The second kappa shape index (κ2) is 11.9. The summed E-state index contributed by atoms with van der Waals surface area (Å²) in [4.78, 5) is 34.0. The quantitative estimate of drug-likeness (QED) is 0.279. The largest absolute Gasteiger partial charge is 0.343 e. The highest BCUT2D eigenvalue weighted by Crippen LogP contribution is 2.29. The summed E-state index contributed by atoms with van der Waals surface area (Å²) in [6, 6.07) is 17.7. The molecule has 0 radical (unpaired) electrons. The Labute approximate surface area is 231 Å². The Kier molecular flexibility index (Phi) is 8.54. The summed E-state index contributed by atoms with van der Waals surface area (Å²) in [6.45, 7) is 5.09. The molecule has 0 saturated carbocycles. The van der Waals surface area contributed by atoms with E-state index in [1.807, 2.05) is 55.6 Å². The van der Waals surface area contributed by atoms with Crippen LogP contribution in [-0.4, -0.2) is 48.5 Å². The van der Waals surface area contributed by atoms with E-state index in [1.54, 1.807) is 0 Å². The van der Waals surface area contributed by atoms with Crippen molar-refractivity contribution in [2.24, 2.45) is 5.73 Å². The van der Waals surface area contributed by atoms with Gasteiger partial charge in [-0.25, -0.2) is 13.4 Å². The Morgan fingerprint density at radius 1 is 0.949 bits per heavy atom. The summed E-state index contributed by atoms with van der Waals surface area (Å²) in [6.07, 6.45) is 0. The third kappa shape index (κ3) is 6.75. The van der Waals surface area contributed by atoms with E-state index in [0.717, 1.165) is 28.1 Å². The van der Waals surface area contributed by atoms with E-state index >= 15 is 0 Å². The third-order valence-electron chi connectivity index (χ3n) is 6.02. The van der Waals surface area contributed by atoms with Crippen LogP contribution in [0.5, 0.6) is 0 Å². The summed E-state index contributed by atoms with van der Waals surface area (Å²) in [7, 11) is -3.65. The van der Waals surface area contributed by atoms with Gasteiger partial charge in [0.25, 0.3) is 5.91 Å². The van der Waals surface area contributed by atoms with Gasteiger partial charge >= 0.3 is 0 Å². The van der Waals surface area contributed by atoms with Gasteiger partial charge in [-0.1, -0.05) is 24.3 Å². The molecule has 9 nitrogen and oxygen atoms in total. The average Bonchev–Trinajstić information content (AvgIpc) is 3.39. The molecule has 4 aromatic rings. The van der Waals surface area contributed by atoms with E-state index in [4.69, 9.17) is 5.73 Å². The molecule has 2 amide bonds. The monoisotopic (exact) mass is 563 g/mol. The van der Waals surface area contributed by atoms with Crippen LogP contribution < -0.4 is 16.4 Å². The fraction of sp³-hybridized carbons (Fsp3) is 0.214. The Balaban J connectivity index is 1.39. The van der Waals surface area contributed by atoms with Crippen LogP contribution in [0.3, 0.4) is 0 Å². The van der Waals surface area contributed by atoms with Crippen molar-refractivity contribution in [3.63, 3.8) is 0 Å². The molecule has 0 aliphatic heterocycles. The lowest BCUT2D eigenvalue weighted by molar-refractivity contribution is -0.115. The molecular formula is C28H29N5O4S2. The molecule has 0 aliphatic rings. The lowest BCUT2D eigenvalue weighted by Gasteiger charge is -2.11. The molecule has 202 valence electrons. The molecule has 4 N–H and O–H groups in total. The molecule has 2 aromatic carbocycles. The average molecular weight is 564 g/mol. The second-order valence-corrected chi connectivity index (χ2v) is 12.3. The first kappa shape index (κ1) is 28.1. The Hall–Kier alpha value is -3.93. The molecule has 0 fully saturated rings. The maximum Gasteiger partial charge on any atom is 0.251 e. The number of sulfone groups is 1. The molecule has 0 saturated heterocycles. The van der Waals surface area contributed by atoms with Crippen LogP contribution in [0.1, 0.15) is 28.7 Å². The fourth-order valence-corrected chi connectivity index (χ4v) is 5.94. The van der Waals surface area contributed by atoms with E-state index < -0.39 is 26.9 Å². The summed E-state index contributed by atoms with van der Waals surface area (Å²) in [5.41, 5.74) is 11.2. The molecule has 0 bridgehead atoms. The molecule has 11 heteroatoms. The van der Waals surface area contributed by atoms with Gasteiger partial charge in [0.05, 0.1) is 22.4 Å². The molecule has 4 rings (SSSR count). The normalized spacial score (nSPS) is 12.1. The number of nitrogens with zero attached hydrogens (tertiary/aromatic N) is 2. The van der Waals surface area contributed by atoms with Crippen molar-refractivity contribution in [2.75, 3.05) is 18.4 Å². The second-order valence-electron chi connectivity index (χ2n) is 9.11. The fourth-order valence-electron chi connectivity index (χ4n) is 3.92. The minimum atomic E-state index is -3.65. The standard InChI is InChI=1S/C28H29N5O4S2/c1-17-10-23(11-18(2)31-17)20-6-4-7-21(12-20)25-16-38-28(32-25)33-26(34)15-30-27(35)22-8-5-9-24(13-22)39(36,37)19(3)14-29/h4-13,16,19H,14-15,29H2,1-3H3,(H,30,35)(H,32,33,34). The highest BCUT2D eigenvalue weighted by Gasteiger charge is 2.23. The Morgan fingerprint density at radius 2 is 1.64 bits per heavy atom. The van der Waals surface area contributed by atoms with Crippen molar-refractivity contribution >= 4 is 38.1 Å². The van der Waals surface area contributed by atoms with Crippen LogP contribution in [0.4, 0.5) is 5.13 Å². The first-order chi connectivity index (χ1) is 18.6.